The van der Waals surface area contributed by atoms with Crippen LogP contribution < -0.4 is 0 Å². The number of hydrogen-bond donors (Lipinski definition) is 2. The predicted octanol–water partition coefficient (Wildman–Crippen LogP) is 3.58. The topological polar surface area (TPSA) is 73.4 Å². The van der Waals surface area contributed by atoms with Crippen molar-refractivity contribution in [3.63, 3.8) is 0 Å². The quantitative estimate of drug-likeness (QED) is 0.886. The molecule has 0 radical (unpaired) electrons. The number of carbonyl (C=O) groups is 2. The largest absolute Gasteiger partial charge is 0.481 e. The number of nitrogens with zero attached hydrogens (tertiary/aromatic N) is 1. The summed E-state index contributed by atoms with van der Waals surface area (Å²) in [7, 11) is 0. The van der Waals surface area contributed by atoms with Gasteiger partial charge in [-0.1, -0.05) is 18.5 Å². The van der Waals surface area contributed by atoms with Crippen molar-refractivity contribution < 1.29 is 14.7 Å². The number of carboxylic acid groups (broad SMARTS) is 1. The summed E-state index contributed by atoms with van der Waals surface area (Å²) in [6, 6.07) is 3.68. The summed E-state index contributed by atoms with van der Waals surface area (Å²) < 4.78 is 0.664. The molecule has 0 aliphatic carbocycles. The van der Waals surface area contributed by atoms with E-state index in [4.69, 9.17) is 11.6 Å². The highest BCUT2D eigenvalue weighted by Crippen LogP contribution is 2.34. The number of hydrogen-bond acceptors (Lipinski definition) is 3. The molecular formula is C16H17ClN2O3S. The smallest absolute Gasteiger partial charge is 0.308 e. The second-order valence-corrected chi connectivity index (χ2v) is 7.69. The zero-order chi connectivity index (χ0) is 16.6. The van der Waals surface area contributed by atoms with Crippen LogP contribution >= 0.6 is 22.9 Å². The zero-order valence-electron chi connectivity index (χ0n) is 12.6. The minimum atomic E-state index is -0.839. The van der Waals surface area contributed by atoms with Crippen LogP contribution in [0.3, 0.4) is 0 Å². The molecule has 2 aromatic heterocycles. The first-order valence-corrected chi connectivity index (χ1v) is 8.59. The zero-order valence-corrected chi connectivity index (χ0v) is 14.2. The molecule has 0 aromatic carbocycles. The van der Waals surface area contributed by atoms with Crippen LogP contribution in [0.1, 0.15) is 23.7 Å². The van der Waals surface area contributed by atoms with Crippen LogP contribution in [-0.2, 0) is 4.79 Å². The summed E-state index contributed by atoms with van der Waals surface area (Å²) >= 11 is 7.39. The Bertz CT molecular complexity index is 739. The van der Waals surface area contributed by atoms with E-state index in [1.807, 2.05) is 13.0 Å². The average Bonchev–Trinajstić information content (AvgIpc) is 3.14. The molecule has 1 saturated heterocycles. The van der Waals surface area contributed by atoms with E-state index >= 15 is 0 Å². The van der Waals surface area contributed by atoms with Gasteiger partial charge in [-0.3, -0.25) is 9.59 Å². The van der Waals surface area contributed by atoms with Crippen LogP contribution in [0.5, 0.6) is 0 Å². The molecule has 23 heavy (non-hydrogen) atoms. The van der Waals surface area contributed by atoms with Crippen LogP contribution in [0.2, 0.25) is 4.34 Å². The summed E-state index contributed by atoms with van der Waals surface area (Å²) in [5, 5.41) is 9.26. The number of aliphatic carboxylic acids is 1. The lowest BCUT2D eigenvalue weighted by Crippen LogP contribution is -2.45. The van der Waals surface area contributed by atoms with Gasteiger partial charge < -0.3 is 15.0 Å². The molecule has 3 rings (SSSR count). The lowest BCUT2D eigenvalue weighted by atomic mass is 9.90. The number of aromatic amines is 1. The molecule has 5 nitrogen and oxygen atoms in total. The third-order valence-electron chi connectivity index (χ3n) is 4.11. The molecule has 2 N–H and O–H groups in total. The highest BCUT2D eigenvalue weighted by atomic mass is 35.5. The molecule has 1 aliphatic heterocycles. The van der Waals surface area contributed by atoms with Crippen LogP contribution in [0.15, 0.2) is 24.5 Å². The third-order valence-corrected chi connectivity index (χ3v) is 5.38. The Balaban J connectivity index is 1.86. The molecule has 7 heteroatoms. The Morgan fingerprint density at radius 3 is 2.78 bits per heavy atom. The van der Waals surface area contributed by atoms with Crippen LogP contribution in [0.25, 0.3) is 10.4 Å². The molecule has 1 amide bonds. The van der Waals surface area contributed by atoms with Gasteiger partial charge in [-0.25, -0.2) is 0 Å². The molecule has 2 atom stereocenters. The van der Waals surface area contributed by atoms with Crippen molar-refractivity contribution in [2.45, 2.75) is 13.3 Å². The summed E-state index contributed by atoms with van der Waals surface area (Å²) in [6.45, 7) is 2.82. The highest BCUT2D eigenvalue weighted by molar-refractivity contribution is 7.19. The molecule has 2 aromatic rings. The number of rotatable bonds is 3. The third kappa shape index (κ3) is 3.28. The molecule has 0 saturated carbocycles. The summed E-state index contributed by atoms with van der Waals surface area (Å²) in [4.78, 5) is 29.7. The number of nitrogens with one attached hydrogen (secondary N) is 1. The van der Waals surface area contributed by atoms with Crippen molar-refractivity contribution in [3.8, 4) is 10.4 Å². The maximum absolute atomic E-state index is 12.9. The van der Waals surface area contributed by atoms with E-state index < -0.39 is 11.9 Å². The van der Waals surface area contributed by atoms with E-state index in [9.17, 15) is 14.7 Å². The van der Waals surface area contributed by atoms with Crippen molar-refractivity contribution in [1.29, 1.82) is 0 Å². The SMILES string of the molecule is CC1CC(C(=O)O)CN(C(=O)c2c[nH]cc2-c2ccc(Cl)s2)C1. The maximum atomic E-state index is 12.9. The monoisotopic (exact) mass is 352 g/mol. The van der Waals surface area contributed by atoms with E-state index in [0.29, 0.717) is 22.9 Å². The standard InChI is InChI=1S/C16H17ClN2O3S/c1-9-4-10(16(21)22)8-19(7-9)15(20)12-6-18-5-11(12)13-2-3-14(17)23-13/h2-3,5-6,9-10,18H,4,7-8H2,1H3,(H,21,22). The number of amides is 1. The Morgan fingerprint density at radius 2 is 2.13 bits per heavy atom. The van der Waals surface area contributed by atoms with Crippen LogP contribution in [-0.4, -0.2) is 40.0 Å². The van der Waals surface area contributed by atoms with E-state index in [1.165, 1.54) is 11.3 Å². The summed E-state index contributed by atoms with van der Waals surface area (Å²) in [5.41, 5.74) is 1.36. The lowest BCUT2D eigenvalue weighted by molar-refractivity contribution is -0.143. The molecule has 3 heterocycles. The van der Waals surface area contributed by atoms with Crippen LogP contribution in [0.4, 0.5) is 0 Å². The Morgan fingerprint density at radius 1 is 1.35 bits per heavy atom. The number of carboxylic acids is 1. The molecule has 1 fully saturated rings. The van der Waals surface area contributed by atoms with Gasteiger partial charge in [-0.15, -0.1) is 11.3 Å². The molecule has 122 valence electrons. The van der Waals surface area contributed by atoms with E-state index in [-0.39, 0.29) is 18.4 Å². The van der Waals surface area contributed by atoms with Gasteiger partial charge in [0.2, 0.25) is 0 Å². The van der Waals surface area contributed by atoms with Gasteiger partial charge in [0.1, 0.15) is 0 Å². The fraction of sp³-hybridized carbons (Fsp3) is 0.375. The predicted molar refractivity (Wildman–Crippen MR) is 89.9 cm³/mol. The van der Waals surface area contributed by atoms with Crippen molar-refractivity contribution in [2.75, 3.05) is 13.1 Å². The van der Waals surface area contributed by atoms with Crippen molar-refractivity contribution in [2.24, 2.45) is 11.8 Å². The van der Waals surface area contributed by atoms with Crippen molar-refractivity contribution in [3.05, 3.63) is 34.4 Å². The van der Waals surface area contributed by atoms with Crippen molar-refractivity contribution in [1.82, 2.24) is 9.88 Å². The fourth-order valence-corrected chi connectivity index (χ4v) is 4.14. The Kier molecular flexibility index (Phi) is 4.46. The first-order chi connectivity index (χ1) is 11.0. The maximum Gasteiger partial charge on any atom is 0.308 e. The van der Waals surface area contributed by atoms with Crippen molar-refractivity contribution >= 4 is 34.8 Å². The van der Waals surface area contributed by atoms with Gasteiger partial charge in [0, 0.05) is 35.9 Å². The number of piperidine rings is 1. The van der Waals surface area contributed by atoms with E-state index in [2.05, 4.69) is 4.98 Å². The Labute approximate surface area is 142 Å². The van der Waals surface area contributed by atoms with Gasteiger partial charge >= 0.3 is 5.97 Å². The summed E-state index contributed by atoms with van der Waals surface area (Å²) in [5.74, 6) is -1.30. The Hall–Kier alpha value is -1.79. The molecule has 2 unspecified atom stereocenters. The van der Waals surface area contributed by atoms with Gasteiger partial charge in [-0.2, -0.15) is 0 Å². The molecule has 0 bridgehead atoms. The minimum absolute atomic E-state index is 0.136. The molecule has 1 aliphatic rings. The highest BCUT2D eigenvalue weighted by Gasteiger charge is 2.33. The van der Waals surface area contributed by atoms with Crippen LogP contribution in [0, 0.1) is 11.8 Å². The second-order valence-electron chi connectivity index (χ2n) is 5.97. The number of aromatic nitrogens is 1. The van der Waals surface area contributed by atoms with E-state index in [1.54, 1.807) is 23.4 Å². The number of halogens is 1. The fourth-order valence-electron chi connectivity index (χ4n) is 3.07. The van der Waals surface area contributed by atoms with Gasteiger partial charge in [0.05, 0.1) is 15.8 Å². The van der Waals surface area contributed by atoms with Gasteiger partial charge in [0.25, 0.3) is 5.91 Å². The molecule has 0 spiro atoms. The number of H-pyrrole nitrogens is 1. The summed E-state index contributed by atoms with van der Waals surface area (Å²) in [6.07, 6.45) is 4.05. The van der Waals surface area contributed by atoms with Gasteiger partial charge in [0.15, 0.2) is 0 Å². The second kappa shape index (κ2) is 6.37. The number of thiophene rings is 1. The first-order valence-electron chi connectivity index (χ1n) is 7.40. The van der Waals surface area contributed by atoms with E-state index in [0.717, 1.165) is 10.4 Å². The lowest BCUT2D eigenvalue weighted by Gasteiger charge is -2.34. The number of carbonyl (C=O) groups excluding carboxylic acids is 1. The average molecular weight is 353 g/mol. The normalized spacial score (nSPS) is 21.4. The number of likely N-dealkylation sites (tertiary alicyclic amines) is 1. The minimum Gasteiger partial charge on any atom is -0.481 e. The van der Waals surface area contributed by atoms with Gasteiger partial charge in [-0.05, 0) is 24.5 Å². The first kappa shape index (κ1) is 16.1. The molecular weight excluding hydrogens is 336 g/mol.